The minimum Gasteiger partial charge on any atom is -0.455 e. The number of pyridine rings is 2. The van der Waals surface area contributed by atoms with Crippen LogP contribution in [0.5, 0.6) is 0 Å². The van der Waals surface area contributed by atoms with Crippen LogP contribution in [0.25, 0.3) is 32.7 Å². The summed E-state index contributed by atoms with van der Waals surface area (Å²) in [4.78, 5) is 13.8. The van der Waals surface area contributed by atoms with Gasteiger partial charge in [-0.25, -0.2) is 0 Å². The standard InChI is InChI=1S/C48H46N4O/c1-31-9-16-40(29-49-31)51(36-18-12-34(13-19-36)47(3,4)5)38-22-25-42-33(27-38)11-24-44-43-26-23-39(28-45(43)53-46(42)44)52(41-17-10-32(2)50-30-41)37-20-14-35(15-21-37)48(6,7)8/h9-30H,1-8H3. The van der Waals surface area contributed by atoms with Crippen molar-refractivity contribution < 1.29 is 4.42 Å². The van der Waals surface area contributed by atoms with E-state index in [0.29, 0.717) is 0 Å². The molecule has 0 atom stereocenters. The van der Waals surface area contributed by atoms with E-state index >= 15 is 0 Å². The van der Waals surface area contributed by atoms with Crippen molar-refractivity contribution >= 4 is 66.8 Å². The van der Waals surface area contributed by atoms with Gasteiger partial charge < -0.3 is 14.2 Å². The number of furan rings is 1. The fourth-order valence-electron chi connectivity index (χ4n) is 7.12. The van der Waals surface area contributed by atoms with Crippen molar-refractivity contribution in [3.8, 4) is 0 Å². The average Bonchev–Trinajstić information content (AvgIpc) is 3.51. The average molecular weight is 695 g/mol. The van der Waals surface area contributed by atoms with Crippen molar-refractivity contribution in [3.63, 3.8) is 0 Å². The number of nitrogens with zero attached hydrogens (tertiary/aromatic N) is 4. The summed E-state index contributed by atoms with van der Waals surface area (Å²) < 4.78 is 6.77. The molecule has 0 aliphatic carbocycles. The Hall–Kier alpha value is -5.94. The van der Waals surface area contributed by atoms with Gasteiger partial charge in [0.05, 0.1) is 23.8 Å². The van der Waals surface area contributed by atoms with E-state index in [2.05, 4.69) is 183 Å². The van der Waals surface area contributed by atoms with E-state index in [9.17, 15) is 0 Å². The maximum atomic E-state index is 6.77. The minimum absolute atomic E-state index is 0.0688. The molecule has 8 rings (SSSR count). The fraction of sp³-hybridized carbons (Fsp3) is 0.208. The normalized spacial score (nSPS) is 12.2. The van der Waals surface area contributed by atoms with Crippen LogP contribution in [0.3, 0.4) is 0 Å². The first-order chi connectivity index (χ1) is 25.3. The highest BCUT2D eigenvalue weighted by Gasteiger charge is 2.21. The number of rotatable bonds is 6. The van der Waals surface area contributed by atoms with Crippen LogP contribution in [-0.2, 0) is 10.8 Å². The molecule has 0 bridgehead atoms. The van der Waals surface area contributed by atoms with Gasteiger partial charge in [-0.1, -0.05) is 71.9 Å². The van der Waals surface area contributed by atoms with E-state index < -0.39 is 0 Å². The lowest BCUT2D eigenvalue weighted by Gasteiger charge is -2.27. The number of aryl methyl sites for hydroxylation is 2. The molecule has 5 nitrogen and oxygen atoms in total. The molecule has 0 aliphatic rings. The number of aromatic nitrogens is 2. The zero-order chi connectivity index (χ0) is 37.1. The van der Waals surface area contributed by atoms with Gasteiger partial charge in [0, 0.05) is 56.4 Å². The zero-order valence-corrected chi connectivity index (χ0v) is 31.9. The summed E-state index contributed by atoms with van der Waals surface area (Å²) in [5, 5.41) is 4.37. The molecule has 0 N–H and O–H groups in total. The number of benzene rings is 5. The second-order valence-corrected chi connectivity index (χ2v) is 16.2. The first-order valence-corrected chi connectivity index (χ1v) is 18.4. The smallest absolute Gasteiger partial charge is 0.143 e. The third kappa shape index (κ3) is 6.53. The van der Waals surface area contributed by atoms with Crippen LogP contribution in [0, 0.1) is 13.8 Å². The third-order valence-electron chi connectivity index (χ3n) is 10.2. The highest BCUT2D eigenvalue weighted by Crippen LogP contribution is 2.42. The Labute approximate surface area is 312 Å². The van der Waals surface area contributed by atoms with Crippen LogP contribution in [0.15, 0.2) is 138 Å². The molecule has 0 saturated carbocycles. The molecular formula is C48H46N4O. The molecule has 0 fully saturated rings. The lowest BCUT2D eigenvalue weighted by molar-refractivity contribution is 0.590. The van der Waals surface area contributed by atoms with E-state index in [1.165, 1.54) is 11.1 Å². The highest BCUT2D eigenvalue weighted by molar-refractivity contribution is 6.16. The van der Waals surface area contributed by atoms with E-state index in [1.54, 1.807) is 0 Å². The summed E-state index contributed by atoms with van der Waals surface area (Å²) in [6, 6.07) is 43.6. The molecule has 5 heteroatoms. The number of hydrogen-bond acceptors (Lipinski definition) is 5. The van der Waals surface area contributed by atoms with Crippen LogP contribution < -0.4 is 9.80 Å². The molecule has 0 saturated heterocycles. The quantitative estimate of drug-likeness (QED) is 0.173. The summed E-state index contributed by atoms with van der Waals surface area (Å²) >= 11 is 0. The van der Waals surface area contributed by atoms with Gasteiger partial charge in [0.15, 0.2) is 0 Å². The highest BCUT2D eigenvalue weighted by atomic mass is 16.3. The largest absolute Gasteiger partial charge is 0.455 e. The predicted octanol–water partition coefficient (Wildman–Crippen LogP) is 13.7. The molecule has 3 heterocycles. The van der Waals surface area contributed by atoms with Crippen LogP contribution >= 0.6 is 0 Å². The Morgan fingerprint density at radius 1 is 0.434 bits per heavy atom. The van der Waals surface area contributed by atoms with Crippen LogP contribution in [0.4, 0.5) is 34.1 Å². The molecule has 0 amide bonds. The number of hydrogen-bond donors (Lipinski definition) is 0. The number of anilines is 6. The molecular weight excluding hydrogens is 649 g/mol. The van der Waals surface area contributed by atoms with E-state index in [-0.39, 0.29) is 10.8 Å². The van der Waals surface area contributed by atoms with Gasteiger partial charge in [0.2, 0.25) is 0 Å². The Balaban J connectivity index is 1.22. The Bertz CT molecular complexity index is 2570. The molecule has 3 aromatic heterocycles. The molecule has 5 aromatic carbocycles. The topological polar surface area (TPSA) is 45.4 Å². The lowest BCUT2D eigenvalue weighted by atomic mass is 9.87. The minimum atomic E-state index is 0.0688. The number of fused-ring (bicyclic) bond motifs is 5. The molecule has 0 unspecified atom stereocenters. The van der Waals surface area contributed by atoms with Gasteiger partial charge in [0.1, 0.15) is 11.2 Å². The first-order valence-electron chi connectivity index (χ1n) is 18.4. The molecule has 0 aliphatic heterocycles. The van der Waals surface area contributed by atoms with Gasteiger partial charge in [-0.2, -0.15) is 0 Å². The molecule has 0 radical (unpaired) electrons. The maximum Gasteiger partial charge on any atom is 0.143 e. The summed E-state index contributed by atoms with van der Waals surface area (Å²) in [5.74, 6) is 0. The second-order valence-electron chi connectivity index (χ2n) is 16.2. The van der Waals surface area contributed by atoms with Gasteiger partial charge in [-0.05, 0) is 126 Å². The van der Waals surface area contributed by atoms with E-state index in [0.717, 1.165) is 78.2 Å². The van der Waals surface area contributed by atoms with Gasteiger partial charge in [-0.3, -0.25) is 9.97 Å². The molecule has 8 aromatic rings. The van der Waals surface area contributed by atoms with E-state index in [1.807, 2.05) is 26.2 Å². The van der Waals surface area contributed by atoms with Crippen molar-refractivity contribution in [2.24, 2.45) is 0 Å². The van der Waals surface area contributed by atoms with Gasteiger partial charge >= 0.3 is 0 Å². The van der Waals surface area contributed by atoms with E-state index in [4.69, 9.17) is 4.42 Å². The van der Waals surface area contributed by atoms with Crippen molar-refractivity contribution in [2.75, 3.05) is 9.80 Å². The van der Waals surface area contributed by atoms with Gasteiger partial charge in [0.25, 0.3) is 0 Å². The van der Waals surface area contributed by atoms with Crippen LogP contribution in [0.2, 0.25) is 0 Å². The third-order valence-corrected chi connectivity index (χ3v) is 10.2. The molecule has 0 spiro atoms. The monoisotopic (exact) mass is 694 g/mol. The first kappa shape index (κ1) is 34.2. The predicted molar refractivity (Wildman–Crippen MR) is 223 cm³/mol. The Kier molecular flexibility index (Phi) is 8.33. The second kappa shape index (κ2) is 12.9. The molecule has 53 heavy (non-hydrogen) atoms. The van der Waals surface area contributed by atoms with Crippen molar-refractivity contribution in [1.82, 2.24) is 9.97 Å². The summed E-state index contributed by atoms with van der Waals surface area (Å²) in [7, 11) is 0. The summed E-state index contributed by atoms with van der Waals surface area (Å²) in [6.45, 7) is 17.5. The van der Waals surface area contributed by atoms with Crippen LogP contribution in [-0.4, -0.2) is 9.97 Å². The van der Waals surface area contributed by atoms with Crippen molar-refractivity contribution in [3.05, 3.63) is 156 Å². The van der Waals surface area contributed by atoms with Crippen molar-refractivity contribution in [2.45, 2.75) is 66.2 Å². The maximum absolute atomic E-state index is 6.77. The summed E-state index contributed by atoms with van der Waals surface area (Å²) in [6.07, 6.45) is 3.89. The van der Waals surface area contributed by atoms with Crippen molar-refractivity contribution in [1.29, 1.82) is 0 Å². The fourth-order valence-corrected chi connectivity index (χ4v) is 7.12. The van der Waals surface area contributed by atoms with Crippen LogP contribution in [0.1, 0.15) is 64.1 Å². The molecule has 264 valence electrons. The Morgan fingerprint density at radius 2 is 0.868 bits per heavy atom. The SMILES string of the molecule is Cc1ccc(N(c2ccc(C(C)(C)C)cc2)c2ccc3c(ccc4c5ccc(N(c6ccc(C(C)(C)C)cc6)c6ccc(C)nc6)cc5oc34)c2)cn1. The zero-order valence-electron chi connectivity index (χ0n) is 31.9. The lowest BCUT2D eigenvalue weighted by Crippen LogP contribution is -2.13. The van der Waals surface area contributed by atoms with Gasteiger partial charge in [-0.15, -0.1) is 0 Å². The Morgan fingerprint density at radius 3 is 1.34 bits per heavy atom. The summed E-state index contributed by atoms with van der Waals surface area (Å²) in [5.41, 5.74) is 12.7.